The molecule has 8 heteroatoms. The van der Waals surface area contributed by atoms with E-state index in [-0.39, 0.29) is 6.54 Å². The van der Waals surface area contributed by atoms with E-state index in [1.807, 2.05) is 6.92 Å². The van der Waals surface area contributed by atoms with Crippen LogP contribution in [0.4, 0.5) is 0 Å². The third-order valence-corrected chi connectivity index (χ3v) is 7.88. The third kappa shape index (κ3) is 3.81. The summed E-state index contributed by atoms with van der Waals surface area (Å²) in [5.74, 6) is 0. The van der Waals surface area contributed by atoms with Crippen LogP contribution in [-0.2, 0) is 16.6 Å². The van der Waals surface area contributed by atoms with E-state index in [4.69, 9.17) is 23.2 Å². The van der Waals surface area contributed by atoms with E-state index in [2.05, 4.69) is 15.9 Å². The Bertz CT molecular complexity index is 755. The van der Waals surface area contributed by atoms with Gasteiger partial charge in [-0.25, -0.2) is 8.42 Å². The Morgan fingerprint density at radius 1 is 1.29 bits per heavy atom. The highest BCUT2D eigenvalue weighted by Gasteiger charge is 2.24. The molecule has 0 aliphatic heterocycles. The lowest BCUT2D eigenvalue weighted by atomic mass is 10.2. The van der Waals surface area contributed by atoms with Gasteiger partial charge in [0, 0.05) is 23.6 Å². The Balaban J connectivity index is 2.28. The van der Waals surface area contributed by atoms with Crippen molar-refractivity contribution in [1.29, 1.82) is 0 Å². The number of rotatable bonds is 4. The molecular weight excluding hydrogens is 417 g/mol. The zero-order chi connectivity index (χ0) is 15.8. The molecule has 0 aliphatic carbocycles. The number of hydrogen-bond acceptors (Lipinski definition) is 3. The van der Waals surface area contributed by atoms with Crippen LogP contribution in [0.1, 0.15) is 11.1 Å². The average molecular weight is 429 g/mol. The van der Waals surface area contributed by atoms with E-state index in [1.54, 1.807) is 24.3 Å². The Morgan fingerprint density at radius 2 is 1.95 bits per heavy atom. The van der Waals surface area contributed by atoms with Crippen LogP contribution in [0, 0.1) is 6.92 Å². The number of sulfonamides is 1. The summed E-state index contributed by atoms with van der Waals surface area (Å²) in [6.45, 7) is 2.04. The van der Waals surface area contributed by atoms with Gasteiger partial charge in [-0.1, -0.05) is 29.3 Å². The maximum absolute atomic E-state index is 12.5. The minimum absolute atomic E-state index is 0.187. The predicted molar refractivity (Wildman–Crippen MR) is 91.9 cm³/mol. The van der Waals surface area contributed by atoms with Gasteiger partial charge in [0.25, 0.3) is 10.0 Å². The Morgan fingerprint density at radius 3 is 2.48 bits per heavy atom. The second-order valence-electron chi connectivity index (χ2n) is 4.52. The van der Waals surface area contributed by atoms with Crippen LogP contribution in [0.3, 0.4) is 0 Å². The smallest absolute Gasteiger partial charge is 0.206 e. The third-order valence-electron chi connectivity index (χ3n) is 2.91. The summed E-state index contributed by atoms with van der Waals surface area (Å²) in [4.78, 5) is 0. The maximum atomic E-state index is 12.5. The molecule has 0 amide bonds. The maximum Gasteiger partial charge on any atom is 0.252 e. The highest BCUT2D eigenvalue weighted by atomic mass is 79.9. The fourth-order valence-corrected chi connectivity index (χ4v) is 5.74. The molecule has 0 atom stereocenters. The zero-order valence-electron chi connectivity index (χ0n) is 11.2. The summed E-state index contributed by atoms with van der Waals surface area (Å²) in [7, 11) is -2.00. The topological polar surface area (TPSA) is 37.4 Å². The molecule has 0 N–H and O–H groups in total. The van der Waals surface area contributed by atoms with E-state index >= 15 is 0 Å². The first-order chi connectivity index (χ1) is 9.71. The number of thiophene rings is 1. The van der Waals surface area contributed by atoms with Crippen molar-refractivity contribution in [3.63, 3.8) is 0 Å². The molecule has 0 bridgehead atoms. The fraction of sp³-hybridized carbons (Fsp3) is 0.231. The first kappa shape index (κ1) is 17.2. The van der Waals surface area contributed by atoms with E-state index < -0.39 is 10.0 Å². The SMILES string of the molecule is Cc1cc(S(=O)(=O)N(C)Cc2ccc(Cl)cc2Cl)sc1Br. The zero-order valence-corrected chi connectivity index (χ0v) is 16.0. The molecule has 0 aliphatic rings. The van der Waals surface area contributed by atoms with Crippen molar-refractivity contribution in [3.8, 4) is 0 Å². The van der Waals surface area contributed by atoms with Gasteiger partial charge in [-0.05, 0) is 52.2 Å². The van der Waals surface area contributed by atoms with E-state index in [1.165, 1.54) is 22.7 Å². The second-order valence-corrected chi connectivity index (χ2v) is 10.0. The standard InChI is InChI=1S/C13H12BrCl2NO2S2/c1-8-5-12(20-13(8)14)21(18,19)17(2)7-9-3-4-10(15)6-11(9)16/h3-6H,7H2,1-2H3. The molecule has 21 heavy (non-hydrogen) atoms. The minimum Gasteiger partial charge on any atom is -0.206 e. The molecule has 1 heterocycles. The minimum atomic E-state index is -3.54. The number of aryl methyl sites for hydroxylation is 1. The van der Waals surface area contributed by atoms with Crippen LogP contribution < -0.4 is 0 Å². The highest BCUT2D eigenvalue weighted by Crippen LogP contribution is 2.33. The van der Waals surface area contributed by atoms with Crippen molar-refractivity contribution < 1.29 is 8.42 Å². The number of hydrogen-bond donors (Lipinski definition) is 0. The Kier molecular flexibility index (Phi) is 5.39. The van der Waals surface area contributed by atoms with Crippen LogP contribution in [0.2, 0.25) is 10.0 Å². The molecule has 114 valence electrons. The number of halogens is 3. The Hall–Kier alpha value is -0.110. The van der Waals surface area contributed by atoms with Crippen LogP contribution in [0.25, 0.3) is 0 Å². The van der Waals surface area contributed by atoms with Gasteiger partial charge in [0.15, 0.2) is 0 Å². The fourth-order valence-electron chi connectivity index (χ4n) is 1.69. The van der Waals surface area contributed by atoms with E-state index in [0.717, 1.165) is 9.35 Å². The van der Waals surface area contributed by atoms with Gasteiger partial charge in [-0.2, -0.15) is 4.31 Å². The molecule has 0 radical (unpaired) electrons. The number of nitrogens with zero attached hydrogens (tertiary/aromatic N) is 1. The summed E-state index contributed by atoms with van der Waals surface area (Å²) in [5, 5.41) is 0.972. The van der Waals surface area contributed by atoms with Crippen LogP contribution >= 0.6 is 50.5 Å². The van der Waals surface area contributed by atoms with Crippen molar-refractivity contribution in [3.05, 3.63) is 49.2 Å². The van der Waals surface area contributed by atoms with Gasteiger partial charge in [-0.3, -0.25) is 0 Å². The van der Waals surface area contributed by atoms with Gasteiger partial charge < -0.3 is 0 Å². The molecular formula is C13H12BrCl2NO2S2. The second kappa shape index (κ2) is 6.56. The van der Waals surface area contributed by atoms with Crippen LogP contribution in [0.5, 0.6) is 0 Å². The van der Waals surface area contributed by atoms with Crippen molar-refractivity contribution >= 4 is 60.5 Å². The summed E-state index contributed by atoms with van der Waals surface area (Å²) in [5.41, 5.74) is 1.61. The van der Waals surface area contributed by atoms with Crippen LogP contribution in [-0.4, -0.2) is 19.8 Å². The largest absolute Gasteiger partial charge is 0.252 e. The predicted octanol–water partition coefficient (Wildman–Crippen LogP) is 4.95. The van der Waals surface area contributed by atoms with Crippen molar-refractivity contribution in [2.45, 2.75) is 17.7 Å². The van der Waals surface area contributed by atoms with Crippen molar-refractivity contribution in [2.24, 2.45) is 0 Å². The summed E-state index contributed by atoms with van der Waals surface area (Å²) in [6, 6.07) is 6.68. The molecule has 0 unspecified atom stereocenters. The van der Waals surface area contributed by atoms with Gasteiger partial charge in [0.05, 0.1) is 3.79 Å². The van der Waals surface area contributed by atoms with Gasteiger partial charge in [0.2, 0.25) is 0 Å². The van der Waals surface area contributed by atoms with Crippen molar-refractivity contribution in [2.75, 3.05) is 7.05 Å². The molecule has 0 saturated carbocycles. The molecule has 1 aromatic heterocycles. The van der Waals surface area contributed by atoms with E-state index in [0.29, 0.717) is 19.8 Å². The normalized spacial score (nSPS) is 12.1. The molecule has 3 nitrogen and oxygen atoms in total. The van der Waals surface area contributed by atoms with Gasteiger partial charge >= 0.3 is 0 Å². The summed E-state index contributed by atoms with van der Waals surface area (Å²) < 4.78 is 27.5. The summed E-state index contributed by atoms with van der Waals surface area (Å²) in [6.07, 6.45) is 0. The molecule has 2 rings (SSSR count). The monoisotopic (exact) mass is 427 g/mol. The van der Waals surface area contributed by atoms with Crippen molar-refractivity contribution in [1.82, 2.24) is 4.31 Å². The molecule has 0 fully saturated rings. The molecule has 1 aromatic carbocycles. The number of benzene rings is 1. The van der Waals surface area contributed by atoms with Gasteiger partial charge in [0.1, 0.15) is 4.21 Å². The lowest BCUT2D eigenvalue weighted by Crippen LogP contribution is -2.25. The lowest BCUT2D eigenvalue weighted by Gasteiger charge is -2.17. The average Bonchev–Trinajstić information content (AvgIpc) is 2.73. The highest BCUT2D eigenvalue weighted by molar-refractivity contribution is 9.11. The van der Waals surface area contributed by atoms with Gasteiger partial charge in [-0.15, -0.1) is 11.3 Å². The molecule has 2 aromatic rings. The lowest BCUT2D eigenvalue weighted by molar-refractivity contribution is 0.468. The quantitative estimate of drug-likeness (QED) is 0.690. The van der Waals surface area contributed by atoms with Crippen LogP contribution in [0.15, 0.2) is 32.3 Å². The first-order valence-corrected chi connectivity index (χ1v) is 9.68. The Labute approximate surface area is 146 Å². The molecule has 0 spiro atoms. The van der Waals surface area contributed by atoms with E-state index in [9.17, 15) is 8.42 Å². The first-order valence-electron chi connectivity index (χ1n) is 5.88. The summed E-state index contributed by atoms with van der Waals surface area (Å²) >= 11 is 16.5. The molecule has 0 saturated heterocycles.